The molecule has 0 saturated carbocycles. The molecule has 6 heteroatoms. The van der Waals surface area contributed by atoms with E-state index in [0.29, 0.717) is 0 Å². The van der Waals surface area contributed by atoms with Crippen molar-refractivity contribution in [3.8, 4) is 5.69 Å². The molecule has 0 bridgehead atoms. The number of hydrogen-bond acceptors (Lipinski definition) is 2. The Hall–Kier alpha value is -1.85. The summed E-state index contributed by atoms with van der Waals surface area (Å²) in [5.41, 5.74) is 1.20. The monoisotopic (exact) mass is 256 g/mol. The molecular weight excluding hydrogens is 244 g/mol. The summed E-state index contributed by atoms with van der Waals surface area (Å²) in [4.78, 5) is 14.7. The van der Waals surface area contributed by atoms with Crippen LogP contribution < -0.4 is 0 Å². The largest absolute Gasteiger partial charge is 0.478 e. The lowest BCUT2D eigenvalue weighted by Gasteiger charge is -2.04. The molecule has 0 amide bonds. The van der Waals surface area contributed by atoms with Gasteiger partial charge in [0.25, 0.3) is 0 Å². The number of aromatic nitrogens is 2. The second kappa shape index (κ2) is 6.03. The van der Waals surface area contributed by atoms with Crippen molar-refractivity contribution in [2.24, 2.45) is 0 Å². The lowest BCUT2D eigenvalue weighted by molar-refractivity contribution is 0.0697. The van der Waals surface area contributed by atoms with Crippen LogP contribution in [0.3, 0.4) is 0 Å². The summed E-state index contributed by atoms with van der Waals surface area (Å²) in [6.45, 7) is 1.89. The van der Waals surface area contributed by atoms with E-state index in [1.54, 1.807) is 30.5 Å². The summed E-state index contributed by atoms with van der Waals surface area (Å²) >= 11 is 0. The van der Waals surface area contributed by atoms with E-state index in [2.05, 4.69) is 4.98 Å². The van der Waals surface area contributed by atoms with Gasteiger partial charge in [0.15, 0.2) is 0 Å². The zero-order valence-electron chi connectivity index (χ0n) is 9.12. The Morgan fingerprint density at radius 1 is 1.29 bits per heavy atom. The zero-order chi connectivity index (χ0) is 10.8. The van der Waals surface area contributed by atoms with E-state index in [-0.39, 0.29) is 23.4 Å². The smallest absolute Gasteiger partial charge is 0.335 e. The Kier molecular flexibility index (Phi) is 5.37. The fourth-order valence-electron chi connectivity index (χ4n) is 1.42. The van der Waals surface area contributed by atoms with E-state index in [9.17, 15) is 4.79 Å². The zero-order valence-corrected chi connectivity index (χ0v) is 9.94. The fraction of sp³-hybridized carbons (Fsp3) is 0.0909. The molecule has 2 aromatic rings. The van der Waals surface area contributed by atoms with Gasteiger partial charge in [0.05, 0.1) is 5.56 Å². The third-order valence-corrected chi connectivity index (χ3v) is 2.22. The molecule has 0 radical (unpaired) electrons. The molecule has 1 aromatic heterocycles. The summed E-state index contributed by atoms with van der Waals surface area (Å²) in [7, 11) is 0. The highest BCUT2D eigenvalue weighted by atomic mass is 35.5. The number of aromatic carboxylic acids is 1. The number of imidazole rings is 1. The highest BCUT2D eigenvalue weighted by molar-refractivity contribution is 5.87. The molecule has 92 valence electrons. The second-order valence-corrected chi connectivity index (χ2v) is 3.20. The van der Waals surface area contributed by atoms with Gasteiger partial charge in [-0.25, -0.2) is 9.78 Å². The van der Waals surface area contributed by atoms with Gasteiger partial charge in [-0.2, -0.15) is 0 Å². The second-order valence-electron chi connectivity index (χ2n) is 3.20. The van der Waals surface area contributed by atoms with Crippen molar-refractivity contribution in [3.05, 3.63) is 48.0 Å². The number of nitrogens with zero attached hydrogens (tertiary/aromatic N) is 2. The normalized spacial score (nSPS) is 9.00. The standard InChI is InChI=1S/C11H10N2O2.ClH.H2O/c1-8-12-6-7-13(8)10-4-2-9(3-5-10)11(14)15;;/h2-7H,1H3,(H,14,15);1H;1H2. The lowest BCUT2D eigenvalue weighted by atomic mass is 10.2. The average molecular weight is 257 g/mol. The van der Waals surface area contributed by atoms with Gasteiger partial charge in [-0.3, -0.25) is 0 Å². The van der Waals surface area contributed by atoms with Crippen LogP contribution in [0.2, 0.25) is 0 Å². The number of halogens is 1. The number of rotatable bonds is 2. The molecule has 0 fully saturated rings. The minimum absolute atomic E-state index is 0. The topological polar surface area (TPSA) is 86.6 Å². The molecule has 1 heterocycles. The van der Waals surface area contributed by atoms with Crippen molar-refractivity contribution in [1.82, 2.24) is 9.55 Å². The van der Waals surface area contributed by atoms with Gasteiger partial charge >= 0.3 is 5.97 Å². The van der Waals surface area contributed by atoms with Gasteiger partial charge in [0.1, 0.15) is 5.82 Å². The molecule has 0 aliphatic heterocycles. The number of hydrogen-bond donors (Lipinski definition) is 1. The van der Waals surface area contributed by atoms with Crippen molar-refractivity contribution in [3.63, 3.8) is 0 Å². The summed E-state index contributed by atoms with van der Waals surface area (Å²) in [5.74, 6) is -0.0398. The molecule has 0 unspecified atom stereocenters. The third kappa shape index (κ3) is 3.05. The number of carboxylic acid groups (broad SMARTS) is 1. The molecule has 5 nitrogen and oxygen atoms in total. The van der Waals surface area contributed by atoms with Crippen LogP contribution in [0.1, 0.15) is 16.2 Å². The molecule has 0 saturated heterocycles. The first-order chi connectivity index (χ1) is 7.18. The van der Waals surface area contributed by atoms with Crippen molar-refractivity contribution in [2.45, 2.75) is 6.92 Å². The van der Waals surface area contributed by atoms with E-state index in [0.717, 1.165) is 11.5 Å². The SMILES string of the molecule is Cc1nccn1-c1ccc(C(=O)O)cc1.Cl.O. The first-order valence-corrected chi connectivity index (χ1v) is 4.52. The molecule has 0 atom stereocenters. The summed E-state index contributed by atoms with van der Waals surface area (Å²) in [6, 6.07) is 6.68. The van der Waals surface area contributed by atoms with E-state index < -0.39 is 5.97 Å². The highest BCUT2D eigenvalue weighted by Crippen LogP contribution is 2.11. The number of benzene rings is 1. The maximum Gasteiger partial charge on any atom is 0.335 e. The van der Waals surface area contributed by atoms with E-state index in [4.69, 9.17) is 5.11 Å². The first kappa shape index (κ1) is 15.2. The minimum Gasteiger partial charge on any atom is -0.478 e. The van der Waals surface area contributed by atoms with Crippen LogP contribution in [-0.2, 0) is 0 Å². The maximum atomic E-state index is 10.6. The van der Waals surface area contributed by atoms with Crippen molar-refractivity contribution in [1.29, 1.82) is 0 Å². The predicted octanol–water partition coefficient (Wildman–Crippen LogP) is 1.48. The predicted molar refractivity (Wildman–Crippen MR) is 66.1 cm³/mol. The molecular formula is C11H13ClN2O3. The summed E-state index contributed by atoms with van der Waals surface area (Å²) in [6.07, 6.45) is 3.55. The molecule has 0 aliphatic carbocycles. The Labute approximate surface area is 104 Å². The Bertz CT molecular complexity index is 494. The van der Waals surface area contributed by atoms with Gasteiger partial charge in [-0.1, -0.05) is 0 Å². The van der Waals surface area contributed by atoms with Gasteiger partial charge in [0, 0.05) is 18.1 Å². The maximum absolute atomic E-state index is 10.6. The van der Waals surface area contributed by atoms with Crippen molar-refractivity contribution in [2.75, 3.05) is 0 Å². The van der Waals surface area contributed by atoms with Gasteiger partial charge in [-0.15, -0.1) is 12.4 Å². The number of carboxylic acids is 1. The number of aryl methyl sites for hydroxylation is 1. The fourth-order valence-corrected chi connectivity index (χ4v) is 1.42. The Balaban J connectivity index is 0.00000128. The molecule has 17 heavy (non-hydrogen) atoms. The van der Waals surface area contributed by atoms with Crippen LogP contribution in [0, 0.1) is 6.92 Å². The lowest BCUT2D eigenvalue weighted by Crippen LogP contribution is -1.98. The van der Waals surface area contributed by atoms with Crippen molar-refractivity contribution >= 4 is 18.4 Å². The Morgan fingerprint density at radius 3 is 2.29 bits per heavy atom. The van der Waals surface area contributed by atoms with Crippen LogP contribution in [0.25, 0.3) is 5.69 Å². The molecule has 0 spiro atoms. The molecule has 0 aliphatic rings. The molecule has 2 rings (SSSR count). The first-order valence-electron chi connectivity index (χ1n) is 4.52. The molecule has 1 aromatic carbocycles. The third-order valence-electron chi connectivity index (χ3n) is 2.22. The Morgan fingerprint density at radius 2 is 1.88 bits per heavy atom. The highest BCUT2D eigenvalue weighted by Gasteiger charge is 2.03. The summed E-state index contributed by atoms with van der Waals surface area (Å²) in [5, 5.41) is 8.74. The quantitative estimate of drug-likeness (QED) is 0.883. The van der Waals surface area contributed by atoms with E-state index in [1.807, 2.05) is 17.7 Å². The van der Waals surface area contributed by atoms with Crippen LogP contribution in [0.15, 0.2) is 36.7 Å². The number of carbonyl (C=O) groups is 1. The van der Waals surface area contributed by atoms with Crippen LogP contribution in [0.5, 0.6) is 0 Å². The van der Waals surface area contributed by atoms with Crippen LogP contribution in [-0.4, -0.2) is 26.1 Å². The van der Waals surface area contributed by atoms with Gasteiger partial charge in [0.2, 0.25) is 0 Å². The summed E-state index contributed by atoms with van der Waals surface area (Å²) < 4.78 is 1.89. The minimum atomic E-state index is -0.913. The average Bonchev–Trinajstić information content (AvgIpc) is 2.65. The van der Waals surface area contributed by atoms with Crippen molar-refractivity contribution < 1.29 is 15.4 Å². The molecule has 3 N–H and O–H groups in total. The van der Waals surface area contributed by atoms with E-state index in [1.165, 1.54) is 0 Å². The van der Waals surface area contributed by atoms with Gasteiger partial charge < -0.3 is 15.1 Å². The van der Waals surface area contributed by atoms with Gasteiger partial charge in [-0.05, 0) is 31.2 Å². The van der Waals surface area contributed by atoms with Crippen LogP contribution >= 0.6 is 12.4 Å². The van der Waals surface area contributed by atoms with E-state index >= 15 is 0 Å². The van der Waals surface area contributed by atoms with Crippen LogP contribution in [0.4, 0.5) is 0 Å².